The summed E-state index contributed by atoms with van der Waals surface area (Å²) in [7, 11) is -3.94. The number of para-hydroxylation sites is 1. The second kappa shape index (κ2) is 9.87. The van der Waals surface area contributed by atoms with E-state index in [1.807, 2.05) is 30.3 Å². The summed E-state index contributed by atoms with van der Waals surface area (Å²) in [6.07, 6.45) is 0.782. The van der Waals surface area contributed by atoms with Gasteiger partial charge in [0, 0.05) is 26.2 Å². The SMILES string of the molecule is O=CN1CCN(C(=O)c2ccccc2N(Cc2ccccc2)S(=O)(=O)c2ccccc2)CC1. The number of benzene rings is 3. The molecule has 33 heavy (non-hydrogen) atoms. The Balaban J connectivity index is 1.75. The van der Waals surface area contributed by atoms with Crippen molar-refractivity contribution < 1.29 is 18.0 Å². The molecule has 0 saturated carbocycles. The van der Waals surface area contributed by atoms with E-state index in [9.17, 15) is 18.0 Å². The predicted octanol–water partition coefficient (Wildman–Crippen LogP) is 3.00. The van der Waals surface area contributed by atoms with Crippen LogP contribution in [0.5, 0.6) is 0 Å². The van der Waals surface area contributed by atoms with Gasteiger partial charge >= 0.3 is 0 Å². The fourth-order valence-electron chi connectivity index (χ4n) is 3.84. The molecule has 1 aliphatic rings. The first-order chi connectivity index (χ1) is 16.0. The molecule has 0 unspecified atom stereocenters. The molecule has 1 heterocycles. The molecular weight excluding hydrogens is 438 g/mol. The average Bonchev–Trinajstić information content (AvgIpc) is 2.88. The maximum atomic E-state index is 13.7. The molecular formula is C25H25N3O4S. The van der Waals surface area contributed by atoms with Crippen LogP contribution in [0.25, 0.3) is 0 Å². The van der Waals surface area contributed by atoms with E-state index in [1.165, 1.54) is 4.31 Å². The van der Waals surface area contributed by atoms with E-state index in [2.05, 4.69) is 0 Å². The van der Waals surface area contributed by atoms with Crippen LogP contribution in [0.4, 0.5) is 5.69 Å². The number of rotatable bonds is 7. The van der Waals surface area contributed by atoms with E-state index >= 15 is 0 Å². The number of hydrogen-bond donors (Lipinski definition) is 0. The monoisotopic (exact) mass is 463 g/mol. The number of amides is 2. The highest BCUT2D eigenvalue weighted by atomic mass is 32.2. The molecule has 170 valence electrons. The molecule has 7 nitrogen and oxygen atoms in total. The van der Waals surface area contributed by atoms with E-state index in [-0.39, 0.29) is 17.3 Å². The van der Waals surface area contributed by atoms with Gasteiger partial charge in [-0.15, -0.1) is 0 Å². The van der Waals surface area contributed by atoms with Crippen LogP contribution < -0.4 is 4.31 Å². The molecule has 0 spiro atoms. The molecule has 8 heteroatoms. The van der Waals surface area contributed by atoms with E-state index < -0.39 is 10.0 Å². The molecule has 3 aromatic rings. The lowest BCUT2D eigenvalue weighted by Crippen LogP contribution is -2.48. The zero-order chi connectivity index (χ0) is 23.3. The van der Waals surface area contributed by atoms with Gasteiger partial charge in [-0.25, -0.2) is 8.42 Å². The molecule has 2 amide bonds. The summed E-state index contributed by atoms with van der Waals surface area (Å²) in [6, 6.07) is 24.3. The third-order valence-corrected chi connectivity index (χ3v) is 7.43. The van der Waals surface area contributed by atoms with Crippen molar-refractivity contribution in [3.8, 4) is 0 Å². The van der Waals surface area contributed by atoms with Gasteiger partial charge in [-0.05, 0) is 29.8 Å². The highest BCUT2D eigenvalue weighted by Crippen LogP contribution is 2.30. The van der Waals surface area contributed by atoms with Gasteiger partial charge in [0.05, 0.1) is 22.7 Å². The molecule has 0 aromatic heterocycles. The lowest BCUT2D eigenvalue weighted by molar-refractivity contribution is -0.119. The van der Waals surface area contributed by atoms with Crippen LogP contribution in [0.2, 0.25) is 0 Å². The van der Waals surface area contributed by atoms with Gasteiger partial charge in [-0.2, -0.15) is 0 Å². The Labute approximate surface area is 193 Å². The van der Waals surface area contributed by atoms with Gasteiger partial charge in [0.1, 0.15) is 0 Å². The fourth-order valence-corrected chi connectivity index (χ4v) is 5.33. The largest absolute Gasteiger partial charge is 0.342 e. The van der Waals surface area contributed by atoms with Crippen LogP contribution >= 0.6 is 0 Å². The van der Waals surface area contributed by atoms with Gasteiger partial charge < -0.3 is 9.80 Å². The Kier molecular flexibility index (Phi) is 6.74. The molecule has 0 bridgehead atoms. The van der Waals surface area contributed by atoms with Crippen LogP contribution in [0.15, 0.2) is 89.8 Å². The fraction of sp³-hybridized carbons (Fsp3) is 0.200. The second-order valence-electron chi connectivity index (χ2n) is 7.76. The van der Waals surface area contributed by atoms with Crippen molar-refractivity contribution in [1.82, 2.24) is 9.80 Å². The number of carbonyl (C=O) groups excluding carboxylic acids is 2. The zero-order valence-corrected chi connectivity index (χ0v) is 18.9. The first kappa shape index (κ1) is 22.5. The first-order valence-electron chi connectivity index (χ1n) is 10.7. The van der Waals surface area contributed by atoms with Crippen molar-refractivity contribution in [3.63, 3.8) is 0 Å². The predicted molar refractivity (Wildman–Crippen MR) is 126 cm³/mol. The van der Waals surface area contributed by atoms with Crippen LogP contribution in [0.1, 0.15) is 15.9 Å². The number of anilines is 1. The van der Waals surface area contributed by atoms with Gasteiger partial charge in [0.25, 0.3) is 15.9 Å². The summed E-state index contributed by atoms with van der Waals surface area (Å²) in [5.74, 6) is -0.252. The molecule has 0 radical (unpaired) electrons. The summed E-state index contributed by atoms with van der Waals surface area (Å²) in [6.45, 7) is 1.79. The lowest BCUT2D eigenvalue weighted by atomic mass is 10.1. The Morgan fingerprint density at radius 1 is 0.818 bits per heavy atom. The van der Waals surface area contributed by atoms with Gasteiger partial charge in [0.15, 0.2) is 0 Å². The second-order valence-corrected chi connectivity index (χ2v) is 9.62. The van der Waals surface area contributed by atoms with E-state index in [4.69, 9.17) is 0 Å². The Morgan fingerprint density at radius 2 is 1.39 bits per heavy atom. The van der Waals surface area contributed by atoms with E-state index in [0.29, 0.717) is 37.4 Å². The average molecular weight is 464 g/mol. The standard InChI is InChI=1S/C25H25N3O4S/c29-20-26-15-17-27(18-16-26)25(30)23-13-7-8-14-24(23)28(19-21-9-3-1-4-10-21)33(31,32)22-11-5-2-6-12-22/h1-14,20H,15-19H2. The molecule has 0 N–H and O–H groups in total. The Hall–Kier alpha value is -3.65. The zero-order valence-electron chi connectivity index (χ0n) is 18.1. The summed E-state index contributed by atoms with van der Waals surface area (Å²) >= 11 is 0. The van der Waals surface area contributed by atoms with E-state index in [1.54, 1.807) is 64.4 Å². The summed E-state index contributed by atoms with van der Waals surface area (Å²) in [5, 5.41) is 0. The number of sulfonamides is 1. The van der Waals surface area contributed by atoms with Crippen LogP contribution in [-0.4, -0.2) is 56.7 Å². The van der Waals surface area contributed by atoms with Gasteiger partial charge in [0.2, 0.25) is 6.41 Å². The number of hydrogen-bond acceptors (Lipinski definition) is 4. The maximum absolute atomic E-state index is 13.7. The number of piperazine rings is 1. The van der Waals surface area contributed by atoms with Crippen LogP contribution in [-0.2, 0) is 21.4 Å². The molecule has 3 aromatic carbocycles. The highest BCUT2D eigenvalue weighted by molar-refractivity contribution is 7.92. The van der Waals surface area contributed by atoms with Gasteiger partial charge in [-0.1, -0.05) is 60.7 Å². The van der Waals surface area contributed by atoms with Crippen molar-refractivity contribution in [2.75, 3.05) is 30.5 Å². The van der Waals surface area contributed by atoms with Crippen molar-refractivity contribution in [2.45, 2.75) is 11.4 Å². The third-order valence-electron chi connectivity index (χ3n) is 5.65. The maximum Gasteiger partial charge on any atom is 0.264 e. The van der Waals surface area contributed by atoms with Crippen molar-refractivity contribution in [1.29, 1.82) is 0 Å². The minimum absolute atomic E-state index is 0.0846. The molecule has 1 saturated heterocycles. The first-order valence-corrected chi connectivity index (χ1v) is 12.1. The Morgan fingerprint density at radius 3 is 2.03 bits per heavy atom. The van der Waals surface area contributed by atoms with Crippen molar-refractivity contribution in [2.24, 2.45) is 0 Å². The number of carbonyl (C=O) groups is 2. The third kappa shape index (κ3) is 4.90. The van der Waals surface area contributed by atoms with Crippen molar-refractivity contribution >= 4 is 28.0 Å². The lowest BCUT2D eigenvalue weighted by Gasteiger charge is -2.34. The highest BCUT2D eigenvalue weighted by Gasteiger charge is 2.30. The summed E-state index contributed by atoms with van der Waals surface area (Å²) in [5.41, 5.74) is 1.44. The quantitative estimate of drug-likeness (QED) is 0.505. The Bertz CT molecular complexity index is 1210. The minimum atomic E-state index is -3.94. The molecule has 1 aliphatic heterocycles. The molecule has 0 aliphatic carbocycles. The summed E-state index contributed by atoms with van der Waals surface area (Å²) < 4.78 is 28.7. The molecule has 4 rings (SSSR count). The van der Waals surface area contributed by atoms with Gasteiger partial charge in [-0.3, -0.25) is 13.9 Å². The molecule has 0 atom stereocenters. The van der Waals surface area contributed by atoms with Crippen molar-refractivity contribution in [3.05, 3.63) is 96.1 Å². The smallest absolute Gasteiger partial charge is 0.264 e. The van der Waals surface area contributed by atoms with Crippen LogP contribution in [0.3, 0.4) is 0 Å². The van der Waals surface area contributed by atoms with E-state index in [0.717, 1.165) is 12.0 Å². The topological polar surface area (TPSA) is 78.0 Å². The summed E-state index contributed by atoms with van der Waals surface area (Å²) in [4.78, 5) is 27.9. The molecule has 1 fully saturated rings. The minimum Gasteiger partial charge on any atom is -0.342 e. The normalized spacial score (nSPS) is 14.1. The number of nitrogens with zero attached hydrogens (tertiary/aromatic N) is 3. The van der Waals surface area contributed by atoms with Crippen LogP contribution in [0, 0.1) is 0 Å².